The number of rotatable bonds is 9. The molecule has 0 aliphatic carbocycles. The van der Waals surface area contributed by atoms with Crippen molar-refractivity contribution in [1.82, 2.24) is 14.4 Å². The summed E-state index contributed by atoms with van der Waals surface area (Å²) in [5.74, 6) is 0.0198. The first kappa shape index (κ1) is 23.7. The number of carbonyl (C=O) groups excluding carboxylic acids is 2. The van der Waals surface area contributed by atoms with Crippen LogP contribution in [0.5, 0.6) is 0 Å². The van der Waals surface area contributed by atoms with Crippen molar-refractivity contribution >= 4 is 11.8 Å². The van der Waals surface area contributed by atoms with Crippen LogP contribution in [0, 0.1) is 5.41 Å². The molecule has 0 fully saturated rings. The number of amides is 2. The summed E-state index contributed by atoms with van der Waals surface area (Å²) in [6, 6.07) is 14.0. The second-order valence-corrected chi connectivity index (χ2v) is 9.36. The van der Waals surface area contributed by atoms with Crippen molar-refractivity contribution in [2.75, 3.05) is 6.54 Å². The van der Waals surface area contributed by atoms with Crippen molar-refractivity contribution in [3.8, 4) is 0 Å². The molecule has 0 bridgehead atoms. The molecule has 5 heteroatoms. The van der Waals surface area contributed by atoms with E-state index in [1.54, 1.807) is 4.90 Å². The zero-order valence-electron chi connectivity index (χ0n) is 19.4. The minimum Gasteiger partial charge on any atom is -0.353 e. The van der Waals surface area contributed by atoms with Gasteiger partial charge in [-0.25, -0.2) is 0 Å². The fourth-order valence-corrected chi connectivity index (χ4v) is 3.40. The third-order valence-electron chi connectivity index (χ3n) is 5.40. The van der Waals surface area contributed by atoms with Gasteiger partial charge in [-0.05, 0) is 36.5 Å². The van der Waals surface area contributed by atoms with Gasteiger partial charge in [0.25, 0.3) is 0 Å². The Kier molecular flexibility index (Phi) is 8.27. The maximum absolute atomic E-state index is 13.4. The van der Waals surface area contributed by atoms with Crippen LogP contribution in [-0.4, -0.2) is 38.8 Å². The maximum Gasteiger partial charge on any atom is 0.242 e. The Morgan fingerprint density at radius 3 is 2.20 bits per heavy atom. The Hall–Kier alpha value is -2.56. The van der Waals surface area contributed by atoms with Crippen LogP contribution in [0.15, 0.2) is 48.7 Å². The molecule has 0 spiro atoms. The van der Waals surface area contributed by atoms with Crippen LogP contribution in [0.3, 0.4) is 0 Å². The highest BCUT2D eigenvalue weighted by atomic mass is 16.2. The van der Waals surface area contributed by atoms with Crippen LogP contribution in [0.2, 0.25) is 0 Å². The van der Waals surface area contributed by atoms with Gasteiger partial charge in [-0.3, -0.25) is 9.59 Å². The Labute approximate surface area is 181 Å². The van der Waals surface area contributed by atoms with Crippen molar-refractivity contribution in [3.63, 3.8) is 0 Å². The predicted molar refractivity (Wildman–Crippen MR) is 122 cm³/mol. The van der Waals surface area contributed by atoms with Crippen LogP contribution in [0.25, 0.3) is 0 Å². The summed E-state index contributed by atoms with van der Waals surface area (Å²) < 4.78 is 2.03. The highest BCUT2D eigenvalue weighted by molar-refractivity contribution is 5.85. The van der Waals surface area contributed by atoms with E-state index in [9.17, 15) is 9.59 Å². The molecule has 0 aliphatic heterocycles. The normalized spacial score (nSPS) is 12.5. The summed E-state index contributed by atoms with van der Waals surface area (Å²) in [4.78, 5) is 30.0. The Bertz CT molecular complexity index is 820. The monoisotopic (exact) mass is 411 g/mol. The SMILES string of the molecule is CCC(C)N(CC(=O)N(Cc1ccccc1)Cc1cccn1C)C(=O)CC(C)(C)C. The lowest BCUT2D eigenvalue weighted by Crippen LogP contribution is -2.47. The van der Waals surface area contributed by atoms with Gasteiger partial charge in [0.1, 0.15) is 6.54 Å². The highest BCUT2D eigenvalue weighted by Gasteiger charge is 2.28. The molecule has 1 aromatic heterocycles. The van der Waals surface area contributed by atoms with Gasteiger partial charge in [0.05, 0.1) is 6.54 Å². The molecule has 0 saturated carbocycles. The quantitative estimate of drug-likeness (QED) is 0.604. The molecule has 2 aromatic rings. The van der Waals surface area contributed by atoms with Gasteiger partial charge >= 0.3 is 0 Å². The van der Waals surface area contributed by atoms with Crippen molar-refractivity contribution in [2.24, 2.45) is 12.5 Å². The largest absolute Gasteiger partial charge is 0.353 e. The highest BCUT2D eigenvalue weighted by Crippen LogP contribution is 2.21. The second-order valence-electron chi connectivity index (χ2n) is 9.36. The van der Waals surface area contributed by atoms with Crippen LogP contribution < -0.4 is 0 Å². The van der Waals surface area contributed by atoms with Crippen molar-refractivity contribution < 1.29 is 9.59 Å². The third kappa shape index (κ3) is 7.05. The summed E-state index contributed by atoms with van der Waals surface area (Å²) >= 11 is 0. The molecule has 30 heavy (non-hydrogen) atoms. The molecule has 0 N–H and O–H groups in total. The molecule has 1 aromatic carbocycles. The fraction of sp³-hybridized carbons (Fsp3) is 0.520. The summed E-state index contributed by atoms with van der Waals surface area (Å²) in [6.07, 6.45) is 3.24. The van der Waals surface area contributed by atoms with Gasteiger partial charge in [-0.2, -0.15) is 0 Å². The lowest BCUT2D eigenvalue weighted by Gasteiger charge is -2.33. The van der Waals surface area contributed by atoms with Crippen molar-refractivity contribution in [1.29, 1.82) is 0 Å². The standard InChI is InChI=1S/C25H37N3O2/c1-7-20(2)28(23(29)16-25(3,4)5)19-24(30)27(17-21-12-9-8-10-13-21)18-22-14-11-15-26(22)6/h8-15,20H,7,16-19H2,1-6H3. The first-order valence-electron chi connectivity index (χ1n) is 10.8. The van der Waals surface area contributed by atoms with Crippen molar-refractivity contribution in [3.05, 3.63) is 59.9 Å². The summed E-state index contributed by atoms with van der Waals surface area (Å²) in [5.41, 5.74) is 2.03. The number of nitrogens with zero attached hydrogens (tertiary/aromatic N) is 3. The van der Waals surface area contributed by atoms with E-state index in [0.717, 1.165) is 17.7 Å². The van der Waals surface area contributed by atoms with Gasteiger partial charge < -0.3 is 14.4 Å². The molecule has 1 atom stereocenters. The zero-order valence-corrected chi connectivity index (χ0v) is 19.4. The molecule has 164 valence electrons. The maximum atomic E-state index is 13.4. The molecule has 5 nitrogen and oxygen atoms in total. The molecule has 0 aliphatic rings. The predicted octanol–water partition coefficient (Wildman–Crippen LogP) is 4.62. The number of carbonyl (C=O) groups is 2. The van der Waals surface area contributed by atoms with E-state index in [0.29, 0.717) is 19.5 Å². The number of aromatic nitrogens is 1. The lowest BCUT2D eigenvalue weighted by molar-refractivity contribution is -0.144. The molecular weight excluding hydrogens is 374 g/mol. The molecule has 0 saturated heterocycles. The Morgan fingerprint density at radius 1 is 1.00 bits per heavy atom. The third-order valence-corrected chi connectivity index (χ3v) is 5.40. The van der Waals surface area contributed by atoms with Crippen LogP contribution in [-0.2, 0) is 29.7 Å². The summed E-state index contributed by atoms with van der Waals surface area (Å²) in [7, 11) is 1.98. The fourth-order valence-electron chi connectivity index (χ4n) is 3.40. The van der Waals surface area contributed by atoms with E-state index in [-0.39, 0.29) is 29.8 Å². The topological polar surface area (TPSA) is 45.6 Å². The van der Waals surface area contributed by atoms with Gasteiger partial charge in [0, 0.05) is 37.9 Å². The molecular formula is C25H37N3O2. The lowest BCUT2D eigenvalue weighted by atomic mass is 9.91. The number of aryl methyl sites for hydroxylation is 1. The number of hydrogen-bond acceptors (Lipinski definition) is 2. The van der Waals surface area contributed by atoms with E-state index in [1.165, 1.54) is 0 Å². The Balaban J connectivity index is 2.23. The van der Waals surface area contributed by atoms with Crippen LogP contribution in [0.4, 0.5) is 0 Å². The number of benzene rings is 1. The summed E-state index contributed by atoms with van der Waals surface area (Å²) in [6.45, 7) is 11.4. The van der Waals surface area contributed by atoms with Gasteiger partial charge in [-0.1, -0.05) is 58.0 Å². The van der Waals surface area contributed by atoms with Crippen LogP contribution in [0.1, 0.15) is 58.7 Å². The minimum absolute atomic E-state index is 0.0254. The number of hydrogen-bond donors (Lipinski definition) is 0. The zero-order chi connectivity index (χ0) is 22.3. The molecule has 2 rings (SSSR count). The van der Waals surface area contributed by atoms with E-state index >= 15 is 0 Å². The second kappa shape index (κ2) is 10.5. The minimum atomic E-state index is -0.112. The Morgan fingerprint density at radius 2 is 1.67 bits per heavy atom. The average molecular weight is 412 g/mol. The molecule has 1 heterocycles. The molecule has 1 unspecified atom stereocenters. The van der Waals surface area contributed by atoms with Crippen molar-refractivity contribution in [2.45, 2.75) is 66.6 Å². The molecule has 0 radical (unpaired) electrons. The molecule has 2 amide bonds. The van der Waals surface area contributed by atoms with Gasteiger partial charge in [-0.15, -0.1) is 0 Å². The van der Waals surface area contributed by atoms with Gasteiger partial charge in [0.15, 0.2) is 0 Å². The van der Waals surface area contributed by atoms with E-state index < -0.39 is 0 Å². The van der Waals surface area contributed by atoms with E-state index in [1.807, 2.05) is 72.1 Å². The van der Waals surface area contributed by atoms with E-state index in [2.05, 4.69) is 27.7 Å². The first-order chi connectivity index (χ1) is 14.1. The first-order valence-corrected chi connectivity index (χ1v) is 10.8. The van der Waals surface area contributed by atoms with E-state index in [4.69, 9.17) is 0 Å². The van der Waals surface area contributed by atoms with Crippen LogP contribution >= 0.6 is 0 Å². The average Bonchev–Trinajstić information content (AvgIpc) is 3.08. The summed E-state index contributed by atoms with van der Waals surface area (Å²) in [5, 5.41) is 0. The smallest absolute Gasteiger partial charge is 0.242 e. The van der Waals surface area contributed by atoms with Gasteiger partial charge in [0.2, 0.25) is 11.8 Å².